The van der Waals surface area contributed by atoms with E-state index in [0.717, 1.165) is 23.2 Å². The molecule has 0 bridgehead atoms. The van der Waals surface area contributed by atoms with Gasteiger partial charge in [-0.2, -0.15) is 0 Å². The van der Waals surface area contributed by atoms with Crippen molar-refractivity contribution in [2.45, 2.75) is 25.9 Å². The number of aromatic amines is 1. The highest BCUT2D eigenvalue weighted by molar-refractivity contribution is 5.96. The van der Waals surface area contributed by atoms with E-state index in [0.29, 0.717) is 30.2 Å². The summed E-state index contributed by atoms with van der Waals surface area (Å²) in [4.78, 5) is 23.2. The summed E-state index contributed by atoms with van der Waals surface area (Å²) in [6.07, 6.45) is 2.77. The molecule has 5 rings (SSSR count). The van der Waals surface area contributed by atoms with Crippen molar-refractivity contribution in [3.05, 3.63) is 119 Å². The molecule has 2 heterocycles. The predicted molar refractivity (Wildman–Crippen MR) is 143 cm³/mol. The summed E-state index contributed by atoms with van der Waals surface area (Å²) in [6, 6.07) is 23.9. The lowest BCUT2D eigenvalue weighted by Crippen LogP contribution is -2.48. The average molecular weight is 497 g/mol. The first-order valence-electron chi connectivity index (χ1n) is 12.3. The maximum atomic E-state index is 14.2. The molecule has 6 nitrogen and oxygen atoms in total. The molecule has 0 amide bonds. The number of allylic oxidation sites excluding steroid dienone is 1. The quantitative estimate of drug-likeness (QED) is 0.332. The number of hydrogen-bond acceptors (Lipinski definition) is 3. The third-order valence-corrected chi connectivity index (χ3v) is 6.70. The molecule has 0 unspecified atom stereocenters. The predicted octanol–water partition coefficient (Wildman–Crippen LogP) is 5.50. The second-order valence-electron chi connectivity index (χ2n) is 9.01. The third kappa shape index (κ3) is 5.11. The highest BCUT2D eigenvalue weighted by Crippen LogP contribution is 2.32. The van der Waals surface area contributed by atoms with Crippen LogP contribution in [0.3, 0.4) is 0 Å². The van der Waals surface area contributed by atoms with Gasteiger partial charge in [0.05, 0.1) is 25.3 Å². The summed E-state index contributed by atoms with van der Waals surface area (Å²) in [5.41, 5.74) is 5.13. The molecule has 0 spiro atoms. The molecule has 2 N–H and O–H groups in total. The summed E-state index contributed by atoms with van der Waals surface area (Å²) >= 11 is 0. The molecule has 0 saturated heterocycles. The lowest BCUT2D eigenvalue weighted by Gasteiger charge is -2.38. The van der Waals surface area contributed by atoms with Gasteiger partial charge < -0.3 is 19.9 Å². The van der Waals surface area contributed by atoms with Crippen molar-refractivity contribution in [1.82, 2.24) is 15.2 Å². The number of halogens is 1. The molecule has 0 saturated carbocycles. The number of benzene rings is 3. The Balaban J connectivity index is 1.52. The van der Waals surface area contributed by atoms with E-state index in [9.17, 15) is 9.18 Å². The number of fused-ring (bicyclic) bond motifs is 1. The minimum absolute atomic E-state index is 0.370. The van der Waals surface area contributed by atoms with Crippen molar-refractivity contribution in [1.29, 1.82) is 0 Å². The zero-order chi connectivity index (χ0) is 25.8. The van der Waals surface area contributed by atoms with Gasteiger partial charge in [0.2, 0.25) is 0 Å². The van der Waals surface area contributed by atoms with E-state index < -0.39 is 12.0 Å². The summed E-state index contributed by atoms with van der Waals surface area (Å²) in [5, 5.41) is 4.61. The van der Waals surface area contributed by atoms with Crippen molar-refractivity contribution in [2.75, 3.05) is 13.7 Å². The molecule has 0 radical (unpaired) electrons. The minimum Gasteiger partial charge on any atom is -0.466 e. The number of ether oxygens (including phenoxy) is 1. The van der Waals surface area contributed by atoms with E-state index in [-0.39, 0.29) is 5.82 Å². The van der Waals surface area contributed by atoms with Crippen LogP contribution in [0.4, 0.5) is 4.39 Å². The van der Waals surface area contributed by atoms with E-state index in [1.54, 1.807) is 12.1 Å². The normalized spacial score (nSPS) is 16.8. The molecular weight excluding hydrogens is 467 g/mol. The van der Waals surface area contributed by atoms with Gasteiger partial charge >= 0.3 is 5.97 Å². The Bertz CT molecular complexity index is 1480. The van der Waals surface area contributed by atoms with Gasteiger partial charge in [-0.05, 0) is 48.2 Å². The van der Waals surface area contributed by atoms with Crippen LogP contribution >= 0.6 is 0 Å². The Morgan fingerprint density at radius 2 is 1.84 bits per heavy atom. The number of guanidine groups is 1. The number of aliphatic imine (C=N–C) groups is 1. The van der Waals surface area contributed by atoms with Crippen LogP contribution in [-0.2, 0) is 22.5 Å². The maximum absolute atomic E-state index is 14.2. The summed E-state index contributed by atoms with van der Waals surface area (Å²) in [7, 11) is 1.36. The van der Waals surface area contributed by atoms with Crippen LogP contribution in [0.2, 0.25) is 0 Å². The maximum Gasteiger partial charge on any atom is 0.337 e. The van der Waals surface area contributed by atoms with E-state index in [1.165, 1.54) is 30.2 Å². The van der Waals surface area contributed by atoms with E-state index >= 15 is 0 Å². The second kappa shape index (κ2) is 10.7. The van der Waals surface area contributed by atoms with Gasteiger partial charge in [-0.15, -0.1) is 0 Å². The standard InChI is InChI=1S/C30H29FN4O2/c1-20-27(29(36)37-2)28(22-11-8-12-24(31)17-22)34-30(35(20)19-21-9-4-3-5-10-21)32-16-15-23-18-33-26-14-7-6-13-25(23)26/h3-14,17-18,28,33H,15-16,19H2,1-2H3,(H,32,34)/t28-/m0/s1. The molecule has 188 valence electrons. The molecule has 1 aromatic heterocycles. The summed E-state index contributed by atoms with van der Waals surface area (Å²) in [6.45, 7) is 2.94. The number of nitrogens with zero attached hydrogens (tertiary/aromatic N) is 2. The Morgan fingerprint density at radius 1 is 1.05 bits per heavy atom. The molecule has 0 aliphatic carbocycles. The SMILES string of the molecule is COC(=O)C1=C(C)N(Cc2ccccc2)C(=NCCc2c[nH]c3ccccc23)N[C@H]1c1cccc(F)c1. The number of aromatic nitrogens is 1. The van der Waals surface area contributed by atoms with Crippen molar-refractivity contribution in [3.8, 4) is 0 Å². The molecule has 7 heteroatoms. The van der Waals surface area contributed by atoms with Crippen LogP contribution in [0.25, 0.3) is 10.9 Å². The molecule has 0 fully saturated rings. The largest absolute Gasteiger partial charge is 0.466 e. The fourth-order valence-electron chi connectivity index (χ4n) is 4.82. The number of methoxy groups -OCH3 is 1. The minimum atomic E-state index is -0.595. The number of para-hydroxylation sites is 1. The molecule has 37 heavy (non-hydrogen) atoms. The molecule has 4 aromatic rings. The first-order chi connectivity index (χ1) is 18.0. The average Bonchev–Trinajstić information content (AvgIpc) is 3.33. The van der Waals surface area contributed by atoms with Gasteiger partial charge in [0.25, 0.3) is 0 Å². The van der Waals surface area contributed by atoms with Crippen LogP contribution < -0.4 is 5.32 Å². The van der Waals surface area contributed by atoms with Crippen LogP contribution in [0.15, 0.2) is 101 Å². The van der Waals surface area contributed by atoms with Gasteiger partial charge in [-0.25, -0.2) is 9.18 Å². The Kier molecular flexibility index (Phi) is 7.03. The molecular formula is C30H29FN4O2. The zero-order valence-corrected chi connectivity index (χ0v) is 20.9. The number of carbonyl (C=O) groups is 1. The van der Waals surface area contributed by atoms with Crippen molar-refractivity contribution in [2.24, 2.45) is 4.99 Å². The van der Waals surface area contributed by atoms with Gasteiger partial charge in [0.1, 0.15) is 5.82 Å². The first kappa shape index (κ1) is 24.3. The van der Waals surface area contributed by atoms with Gasteiger partial charge in [0.15, 0.2) is 5.96 Å². The molecule has 1 atom stereocenters. The number of carbonyl (C=O) groups excluding carboxylic acids is 1. The Hall–Kier alpha value is -4.39. The number of rotatable bonds is 7. The van der Waals surface area contributed by atoms with E-state index in [2.05, 4.69) is 22.4 Å². The van der Waals surface area contributed by atoms with Crippen molar-refractivity contribution in [3.63, 3.8) is 0 Å². The molecule has 3 aromatic carbocycles. The van der Waals surface area contributed by atoms with Crippen LogP contribution in [0, 0.1) is 5.82 Å². The Labute approximate surface area is 215 Å². The topological polar surface area (TPSA) is 69.7 Å². The lowest BCUT2D eigenvalue weighted by atomic mass is 9.94. The van der Waals surface area contributed by atoms with Crippen LogP contribution in [0.5, 0.6) is 0 Å². The fourth-order valence-corrected chi connectivity index (χ4v) is 4.82. The first-order valence-corrected chi connectivity index (χ1v) is 12.3. The van der Waals surface area contributed by atoms with E-state index in [1.807, 2.05) is 60.5 Å². The number of esters is 1. The smallest absolute Gasteiger partial charge is 0.337 e. The number of H-pyrrole nitrogens is 1. The Morgan fingerprint density at radius 3 is 2.62 bits per heavy atom. The lowest BCUT2D eigenvalue weighted by molar-refractivity contribution is -0.136. The van der Waals surface area contributed by atoms with Gasteiger partial charge in [-0.1, -0.05) is 60.7 Å². The number of nitrogens with one attached hydrogen (secondary N) is 2. The van der Waals surface area contributed by atoms with Gasteiger partial charge in [0, 0.05) is 29.3 Å². The van der Waals surface area contributed by atoms with Crippen molar-refractivity contribution >= 4 is 22.8 Å². The fraction of sp³-hybridized carbons (Fsp3) is 0.200. The highest BCUT2D eigenvalue weighted by atomic mass is 19.1. The monoisotopic (exact) mass is 496 g/mol. The van der Waals surface area contributed by atoms with Crippen LogP contribution in [-0.4, -0.2) is 35.5 Å². The van der Waals surface area contributed by atoms with Crippen LogP contribution in [0.1, 0.15) is 29.7 Å². The highest BCUT2D eigenvalue weighted by Gasteiger charge is 2.35. The van der Waals surface area contributed by atoms with Gasteiger partial charge in [-0.3, -0.25) is 4.99 Å². The number of hydrogen-bond donors (Lipinski definition) is 2. The van der Waals surface area contributed by atoms with E-state index in [4.69, 9.17) is 9.73 Å². The summed E-state index contributed by atoms with van der Waals surface area (Å²) < 4.78 is 19.3. The molecule has 1 aliphatic heterocycles. The summed E-state index contributed by atoms with van der Waals surface area (Å²) in [5.74, 6) is -0.205. The third-order valence-electron chi connectivity index (χ3n) is 6.70. The molecule has 1 aliphatic rings. The second-order valence-corrected chi connectivity index (χ2v) is 9.01. The van der Waals surface area contributed by atoms with Crippen molar-refractivity contribution < 1.29 is 13.9 Å². The zero-order valence-electron chi connectivity index (χ0n) is 20.9.